The topological polar surface area (TPSA) is 37.0 Å². The number of anilines is 4. The molecule has 0 atom stereocenters. The molecule has 0 fully saturated rings. The number of fused-ring (bicyclic) bond motifs is 1. The highest BCUT2D eigenvalue weighted by atomic mass is 79.9. The smallest absolute Gasteiger partial charge is 0.133 e. The van der Waals surface area contributed by atoms with E-state index in [9.17, 15) is 0 Å². The van der Waals surface area contributed by atoms with Gasteiger partial charge in [0.1, 0.15) is 5.82 Å². The summed E-state index contributed by atoms with van der Waals surface area (Å²) >= 11 is 15.8. The van der Waals surface area contributed by atoms with Crippen LogP contribution in [0.4, 0.5) is 22.9 Å². The van der Waals surface area contributed by atoms with Gasteiger partial charge in [-0.15, -0.1) is 0 Å². The van der Waals surface area contributed by atoms with Gasteiger partial charge in [-0.1, -0.05) is 53.5 Å². The van der Waals surface area contributed by atoms with Crippen LogP contribution in [0.2, 0.25) is 10.0 Å². The van der Waals surface area contributed by atoms with Crippen molar-refractivity contribution in [3.8, 4) is 0 Å². The van der Waals surface area contributed by atoms with E-state index in [4.69, 9.17) is 28.2 Å². The molecule has 27 heavy (non-hydrogen) atoms. The van der Waals surface area contributed by atoms with E-state index in [0.717, 1.165) is 38.3 Å². The minimum Gasteiger partial charge on any atom is -0.355 e. The van der Waals surface area contributed by atoms with Gasteiger partial charge in [0.25, 0.3) is 0 Å². The van der Waals surface area contributed by atoms with Crippen LogP contribution in [0.3, 0.4) is 0 Å². The maximum absolute atomic E-state index is 6.16. The Bertz CT molecular complexity index is 1120. The van der Waals surface area contributed by atoms with Crippen molar-refractivity contribution in [2.75, 3.05) is 10.6 Å². The average molecular weight is 459 g/mol. The van der Waals surface area contributed by atoms with Gasteiger partial charge in [0.15, 0.2) is 0 Å². The van der Waals surface area contributed by atoms with Gasteiger partial charge in [0, 0.05) is 27.3 Å². The molecule has 3 aromatic carbocycles. The highest BCUT2D eigenvalue weighted by molar-refractivity contribution is 9.10. The SMILES string of the molecule is Clc1ccc(Nc2cc(Nc3ccccc3)nc3c(Br)cccc23)cc1Cl. The Morgan fingerprint density at radius 2 is 1.56 bits per heavy atom. The van der Waals surface area contributed by atoms with E-state index in [0.29, 0.717) is 10.0 Å². The molecule has 3 nitrogen and oxygen atoms in total. The summed E-state index contributed by atoms with van der Waals surface area (Å²) < 4.78 is 0.925. The van der Waals surface area contributed by atoms with Crippen molar-refractivity contribution in [2.45, 2.75) is 0 Å². The summed E-state index contributed by atoms with van der Waals surface area (Å²) in [5.74, 6) is 0.739. The molecule has 1 heterocycles. The number of para-hydroxylation sites is 2. The number of rotatable bonds is 4. The van der Waals surface area contributed by atoms with Gasteiger partial charge in [-0.2, -0.15) is 0 Å². The first kappa shape index (κ1) is 18.1. The molecule has 0 bridgehead atoms. The summed E-state index contributed by atoms with van der Waals surface area (Å²) in [4.78, 5) is 4.76. The van der Waals surface area contributed by atoms with E-state index in [1.54, 1.807) is 12.1 Å². The van der Waals surface area contributed by atoms with E-state index >= 15 is 0 Å². The van der Waals surface area contributed by atoms with Gasteiger partial charge < -0.3 is 10.6 Å². The van der Waals surface area contributed by atoms with Gasteiger partial charge in [-0.05, 0) is 52.3 Å². The summed E-state index contributed by atoms with van der Waals surface area (Å²) in [6.45, 7) is 0. The summed E-state index contributed by atoms with van der Waals surface area (Å²) in [7, 11) is 0. The van der Waals surface area contributed by atoms with Gasteiger partial charge in [-0.3, -0.25) is 0 Å². The molecule has 0 radical (unpaired) electrons. The summed E-state index contributed by atoms with van der Waals surface area (Å²) in [5, 5.41) is 8.80. The maximum atomic E-state index is 6.16. The van der Waals surface area contributed by atoms with Crippen LogP contribution in [-0.2, 0) is 0 Å². The predicted octanol–water partition coefficient (Wildman–Crippen LogP) is 7.79. The van der Waals surface area contributed by atoms with E-state index in [1.807, 2.05) is 60.7 Å². The third kappa shape index (κ3) is 4.03. The highest BCUT2D eigenvalue weighted by Gasteiger charge is 2.10. The van der Waals surface area contributed by atoms with Crippen molar-refractivity contribution < 1.29 is 0 Å². The fourth-order valence-electron chi connectivity index (χ4n) is 2.78. The van der Waals surface area contributed by atoms with E-state index in [1.165, 1.54) is 0 Å². The van der Waals surface area contributed by atoms with Gasteiger partial charge in [0.2, 0.25) is 0 Å². The number of hydrogen-bond acceptors (Lipinski definition) is 3. The van der Waals surface area contributed by atoms with Crippen LogP contribution in [0.5, 0.6) is 0 Å². The lowest BCUT2D eigenvalue weighted by atomic mass is 10.1. The Morgan fingerprint density at radius 1 is 0.741 bits per heavy atom. The van der Waals surface area contributed by atoms with Crippen LogP contribution in [0.25, 0.3) is 10.9 Å². The van der Waals surface area contributed by atoms with Crippen molar-refractivity contribution in [2.24, 2.45) is 0 Å². The fourth-order valence-corrected chi connectivity index (χ4v) is 3.53. The van der Waals surface area contributed by atoms with Gasteiger partial charge in [-0.25, -0.2) is 4.98 Å². The number of nitrogens with zero attached hydrogens (tertiary/aromatic N) is 1. The third-order valence-corrected chi connectivity index (χ3v) is 5.41. The maximum Gasteiger partial charge on any atom is 0.133 e. The second-order valence-electron chi connectivity index (χ2n) is 5.94. The van der Waals surface area contributed by atoms with Crippen LogP contribution in [-0.4, -0.2) is 4.98 Å². The molecule has 0 spiro atoms. The number of benzene rings is 3. The Kier molecular flexibility index (Phi) is 5.21. The zero-order chi connectivity index (χ0) is 18.8. The Morgan fingerprint density at radius 3 is 2.33 bits per heavy atom. The molecule has 1 aromatic heterocycles. The molecule has 0 amide bonds. The molecule has 4 aromatic rings. The fraction of sp³-hybridized carbons (Fsp3) is 0. The number of aromatic nitrogens is 1. The van der Waals surface area contributed by atoms with Crippen LogP contribution in [0, 0.1) is 0 Å². The molecule has 2 N–H and O–H groups in total. The van der Waals surface area contributed by atoms with Crippen molar-refractivity contribution in [3.63, 3.8) is 0 Å². The van der Waals surface area contributed by atoms with Crippen LogP contribution < -0.4 is 10.6 Å². The standard InChI is InChI=1S/C21H14BrCl2N3/c22-16-8-4-7-15-19(25-14-9-10-17(23)18(24)11-14)12-20(27-21(15)16)26-13-5-2-1-3-6-13/h1-12H,(H2,25,26,27). The van der Waals surface area contributed by atoms with Crippen molar-refractivity contribution in [1.82, 2.24) is 4.98 Å². The van der Waals surface area contributed by atoms with Gasteiger partial charge >= 0.3 is 0 Å². The molecule has 0 unspecified atom stereocenters. The number of nitrogens with one attached hydrogen (secondary N) is 2. The summed E-state index contributed by atoms with van der Waals surface area (Å²) in [5.41, 5.74) is 3.60. The lowest BCUT2D eigenvalue weighted by Gasteiger charge is -2.14. The molecule has 4 rings (SSSR count). The van der Waals surface area contributed by atoms with Crippen molar-refractivity contribution in [3.05, 3.63) is 87.3 Å². The first-order valence-electron chi connectivity index (χ1n) is 8.23. The molecule has 134 valence electrons. The molecule has 0 saturated heterocycles. The van der Waals surface area contributed by atoms with Crippen LogP contribution >= 0.6 is 39.1 Å². The summed E-state index contributed by atoms with van der Waals surface area (Å²) in [6.07, 6.45) is 0. The average Bonchev–Trinajstić information content (AvgIpc) is 2.66. The second kappa shape index (κ2) is 7.77. The monoisotopic (exact) mass is 457 g/mol. The Balaban J connectivity index is 1.79. The minimum atomic E-state index is 0.504. The first-order valence-corrected chi connectivity index (χ1v) is 9.78. The molecular weight excluding hydrogens is 445 g/mol. The molecular formula is C21H14BrCl2N3. The lowest BCUT2D eigenvalue weighted by molar-refractivity contribution is 1.36. The Hall–Kier alpha value is -2.27. The quantitative estimate of drug-likeness (QED) is 0.327. The number of hydrogen-bond donors (Lipinski definition) is 2. The van der Waals surface area contributed by atoms with E-state index < -0.39 is 0 Å². The summed E-state index contributed by atoms with van der Waals surface area (Å²) in [6, 6.07) is 23.4. The zero-order valence-corrected chi connectivity index (χ0v) is 17.1. The molecule has 0 aliphatic heterocycles. The molecule has 6 heteroatoms. The highest BCUT2D eigenvalue weighted by Crippen LogP contribution is 2.34. The third-order valence-electron chi connectivity index (χ3n) is 4.04. The van der Waals surface area contributed by atoms with Crippen molar-refractivity contribution in [1.29, 1.82) is 0 Å². The van der Waals surface area contributed by atoms with Crippen LogP contribution in [0.1, 0.15) is 0 Å². The molecule has 0 aliphatic carbocycles. The zero-order valence-electron chi connectivity index (χ0n) is 14.0. The van der Waals surface area contributed by atoms with E-state index in [-0.39, 0.29) is 0 Å². The number of pyridine rings is 1. The van der Waals surface area contributed by atoms with Crippen LogP contribution in [0.15, 0.2) is 77.3 Å². The van der Waals surface area contributed by atoms with Gasteiger partial charge in [0.05, 0.1) is 21.2 Å². The Labute approximate surface area is 175 Å². The first-order chi connectivity index (χ1) is 13.1. The lowest BCUT2D eigenvalue weighted by Crippen LogP contribution is -1.98. The largest absolute Gasteiger partial charge is 0.355 e. The minimum absolute atomic E-state index is 0.504. The van der Waals surface area contributed by atoms with E-state index in [2.05, 4.69) is 26.6 Å². The molecule has 0 saturated carbocycles. The predicted molar refractivity (Wildman–Crippen MR) is 119 cm³/mol. The second-order valence-corrected chi connectivity index (χ2v) is 7.60. The van der Waals surface area contributed by atoms with Crippen molar-refractivity contribution >= 4 is 72.9 Å². The number of halogens is 3. The normalized spacial score (nSPS) is 10.8. The molecule has 0 aliphatic rings.